The van der Waals surface area contributed by atoms with Gasteiger partial charge < -0.3 is 10.6 Å². The first kappa shape index (κ1) is 16.5. The van der Waals surface area contributed by atoms with Crippen molar-refractivity contribution in [2.24, 2.45) is 0 Å². The van der Waals surface area contributed by atoms with Gasteiger partial charge in [-0.1, -0.05) is 26.8 Å². The van der Waals surface area contributed by atoms with Crippen molar-refractivity contribution in [1.82, 2.24) is 5.32 Å². The highest BCUT2D eigenvalue weighted by Gasteiger charge is 2.27. The summed E-state index contributed by atoms with van der Waals surface area (Å²) >= 11 is 0. The minimum atomic E-state index is -0.0918. The number of anilines is 1. The van der Waals surface area contributed by atoms with Crippen molar-refractivity contribution in [2.45, 2.75) is 59.4 Å². The molecule has 0 fully saturated rings. The van der Waals surface area contributed by atoms with Crippen LogP contribution < -0.4 is 10.6 Å². The lowest BCUT2D eigenvalue weighted by Crippen LogP contribution is -2.47. The molecular formula is C17H28N2O. The largest absolute Gasteiger partial charge is 0.385 e. The highest BCUT2D eigenvalue weighted by molar-refractivity contribution is 6.00. The Morgan fingerprint density at radius 1 is 1.10 bits per heavy atom. The lowest BCUT2D eigenvalue weighted by atomic mass is 9.89. The second-order valence-electron chi connectivity index (χ2n) is 5.37. The number of nitrogens with one attached hydrogen (secondary N) is 2. The van der Waals surface area contributed by atoms with Gasteiger partial charge in [-0.15, -0.1) is 0 Å². The minimum Gasteiger partial charge on any atom is -0.385 e. The zero-order valence-electron chi connectivity index (χ0n) is 13.5. The number of amides is 1. The van der Waals surface area contributed by atoms with E-state index in [0.29, 0.717) is 0 Å². The normalized spacial score (nSPS) is 11.2. The van der Waals surface area contributed by atoms with E-state index in [9.17, 15) is 4.79 Å². The van der Waals surface area contributed by atoms with E-state index in [0.717, 1.165) is 42.6 Å². The van der Waals surface area contributed by atoms with Gasteiger partial charge in [0.25, 0.3) is 5.91 Å². The second-order valence-corrected chi connectivity index (χ2v) is 5.37. The Labute approximate surface area is 123 Å². The molecule has 0 saturated heterocycles. The predicted molar refractivity (Wildman–Crippen MR) is 86.4 cm³/mol. The molecule has 0 bridgehead atoms. The third kappa shape index (κ3) is 3.75. The van der Waals surface area contributed by atoms with E-state index in [1.54, 1.807) is 0 Å². The van der Waals surface area contributed by atoms with Gasteiger partial charge in [0.15, 0.2) is 0 Å². The van der Waals surface area contributed by atoms with Crippen molar-refractivity contribution in [3.05, 3.63) is 29.3 Å². The van der Waals surface area contributed by atoms with Gasteiger partial charge in [-0.2, -0.15) is 0 Å². The van der Waals surface area contributed by atoms with Crippen molar-refractivity contribution in [3.63, 3.8) is 0 Å². The van der Waals surface area contributed by atoms with Crippen molar-refractivity contribution >= 4 is 11.6 Å². The molecule has 0 unspecified atom stereocenters. The smallest absolute Gasteiger partial charge is 0.253 e. The molecule has 0 atom stereocenters. The quantitative estimate of drug-likeness (QED) is 0.786. The maximum Gasteiger partial charge on any atom is 0.253 e. The van der Waals surface area contributed by atoms with Crippen molar-refractivity contribution in [2.75, 3.05) is 11.9 Å². The van der Waals surface area contributed by atoms with Crippen molar-refractivity contribution in [3.8, 4) is 0 Å². The van der Waals surface area contributed by atoms with Crippen LogP contribution in [0.3, 0.4) is 0 Å². The van der Waals surface area contributed by atoms with Crippen LogP contribution in [0.15, 0.2) is 18.2 Å². The van der Waals surface area contributed by atoms with Gasteiger partial charge in [0, 0.05) is 17.8 Å². The molecule has 0 radical (unpaired) electrons. The Bertz CT molecular complexity index is 442. The third-order valence-electron chi connectivity index (χ3n) is 4.20. The van der Waals surface area contributed by atoms with Gasteiger partial charge in [-0.05, 0) is 50.8 Å². The summed E-state index contributed by atoms with van der Waals surface area (Å²) in [5.41, 5.74) is 2.72. The summed E-state index contributed by atoms with van der Waals surface area (Å²) in [6, 6.07) is 5.93. The van der Waals surface area contributed by atoms with Crippen LogP contribution in [0, 0.1) is 6.92 Å². The fraction of sp³-hybridized carbons (Fsp3) is 0.588. The first-order valence-corrected chi connectivity index (χ1v) is 7.68. The summed E-state index contributed by atoms with van der Waals surface area (Å²) < 4.78 is 0. The van der Waals surface area contributed by atoms with E-state index in [1.807, 2.05) is 32.0 Å². The number of hydrogen-bond acceptors (Lipinski definition) is 2. The van der Waals surface area contributed by atoms with Gasteiger partial charge in [-0.3, -0.25) is 4.79 Å². The van der Waals surface area contributed by atoms with Crippen molar-refractivity contribution in [1.29, 1.82) is 0 Å². The molecule has 112 valence electrons. The Balaban J connectivity index is 3.02. The van der Waals surface area contributed by atoms with E-state index in [4.69, 9.17) is 0 Å². The zero-order chi connectivity index (χ0) is 15.2. The number of carbonyl (C=O) groups excluding carboxylic acids is 1. The molecule has 3 nitrogen and oxygen atoms in total. The number of hydrogen-bond donors (Lipinski definition) is 2. The van der Waals surface area contributed by atoms with Gasteiger partial charge in [0.1, 0.15) is 0 Å². The molecule has 2 N–H and O–H groups in total. The summed E-state index contributed by atoms with van der Waals surface area (Å²) in [7, 11) is 0. The average Bonchev–Trinajstić information content (AvgIpc) is 2.45. The standard InChI is InChI=1S/C17H28N2O/c1-6-17(7-2,8-3)19-16(20)14-11-10-13(5)12-15(14)18-9-4/h10-12,18H,6-9H2,1-5H3,(H,19,20). The molecule has 1 aromatic rings. The molecule has 0 aliphatic rings. The zero-order valence-corrected chi connectivity index (χ0v) is 13.5. The average molecular weight is 276 g/mol. The second kappa shape index (κ2) is 7.32. The van der Waals surface area contributed by atoms with E-state index in [-0.39, 0.29) is 11.4 Å². The summed E-state index contributed by atoms with van der Waals surface area (Å²) in [6.07, 6.45) is 2.86. The molecular weight excluding hydrogens is 248 g/mol. The van der Waals surface area contributed by atoms with Crippen molar-refractivity contribution < 1.29 is 4.79 Å². The van der Waals surface area contributed by atoms with E-state index < -0.39 is 0 Å². The van der Waals surface area contributed by atoms with Crippen LogP contribution in [0.25, 0.3) is 0 Å². The molecule has 1 aromatic carbocycles. The van der Waals surface area contributed by atoms with Crippen LogP contribution in [0.2, 0.25) is 0 Å². The van der Waals surface area contributed by atoms with E-state index in [1.165, 1.54) is 0 Å². The van der Waals surface area contributed by atoms with Gasteiger partial charge in [0.05, 0.1) is 5.56 Å². The molecule has 0 saturated carbocycles. The Morgan fingerprint density at radius 2 is 1.70 bits per heavy atom. The molecule has 0 heterocycles. The molecule has 3 heteroatoms. The van der Waals surface area contributed by atoms with Crippen LogP contribution >= 0.6 is 0 Å². The Kier molecular flexibility index (Phi) is 6.05. The maximum atomic E-state index is 12.6. The molecule has 20 heavy (non-hydrogen) atoms. The van der Waals surface area contributed by atoms with Crippen LogP contribution in [0.4, 0.5) is 5.69 Å². The Morgan fingerprint density at radius 3 is 2.20 bits per heavy atom. The summed E-state index contributed by atoms with van der Waals surface area (Å²) in [6.45, 7) is 11.3. The van der Waals surface area contributed by atoms with Gasteiger partial charge in [0.2, 0.25) is 0 Å². The molecule has 1 amide bonds. The molecule has 0 aliphatic heterocycles. The molecule has 0 spiro atoms. The first-order valence-electron chi connectivity index (χ1n) is 7.68. The molecule has 1 rings (SSSR count). The first-order chi connectivity index (χ1) is 9.51. The fourth-order valence-electron chi connectivity index (χ4n) is 2.52. The van der Waals surface area contributed by atoms with E-state index in [2.05, 4.69) is 31.4 Å². The summed E-state index contributed by atoms with van der Waals surface area (Å²) in [4.78, 5) is 12.6. The van der Waals surface area contributed by atoms with Gasteiger partial charge in [-0.25, -0.2) is 0 Å². The highest BCUT2D eigenvalue weighted by Crippen LogP contribution is 2.23. The number of benzene rings is 1. The van der Waals surface area contributed by atoms with Crippen LogP contribution in [-0.2, 0) is 0 Å². The topological polar surface area (TPSA) is 41.1 Å². The SMILES string of the molecule is CCNc1cc(C)ccc1C(=O)NC(CC)(CC)CC. The fourth-order valence-corrected chi connectivity index (χ4v) is 2.52. The lowest BCUT2D eigenvalue weighted by Gasteiger charge is -2.32. The molecule has 0 aliphatic carbocycles. The van der Waals surface area contributed by atoms with E-state index >= 15 is 0 Å². The maximum absolute atomic E-state index is 12.6. The Hall–Kier alpha value is -1.51. The summed E-state index contributed by atoms with van der Waals surface area (Å²) in [5.74, 6) is 0.0199. The number of rotatable bonds is 7. The van der Waals surface area contributed by atoms with Crippen LogP contribution in [0.1, 0.15) is 62.9 Å². The van der Waals surface area contributed by atoms with Crippen LogP contribution in [0.5, 0.6) is 0 Å². The lowest BCUT2D eigenvalue weighted by molar-refractivity contribution is 0.0889. The van der Waals surface area contributed by atoms with Crippen LogP contribution in [-0.4, -0.2) is 18.0 Å². The summed E-state index contributed by atoms with van der Waals surface area (Å²) in [5, 5.41) is 6.51. The number of aryl methyl sites for hydroxylation is 1. The monoisotopic (exact) mass is 276 g/mol. The molecule has 0 aromatic heterocycles. The highest BCUT2D eigenvalue weighted by atomic mass is 16.1. The number of carbonyl (C=O) groups is 1. The van der Waals surface area contributed by atoms with Gasteiger partial charge >= 0.3 is 0 Å². The predicted octanol–water partition coefficient (Wildman–Crippen LogP) is 4.13. The minimum absolute atomic E-state index is 0.0199. The third-order valence-corrected chi connectivity index (χ3v) is 4.20.